The van der Waals surface area contributed by atoms with Gasteiger partial charge in [-0.05, 0) is 34.1 Å². The van der Waals surface area contributed by atoms with Crippen LogP contribution in [0.1, 0.15) is 16.2 Å². The Labute approximate surface area is 111 Å². The van der Waals surface area contributed by atoms with Crippen molar-refractivity contribution >= 4 is 33.4 Å². The Morgan fingerprint density at radius 1 is 1.53 bits per heavy atom. The number of amides is 1. The first-order chi connectivity index (χ1) is 8.16. The Morgan fingerprint density at radius 2 is 2.35 bits per heavy atom. The minimum absolute atomic E-state index is 0.204. The van der Waals surface area contributed by atoms with E-state index in [1.807, 2.05) is 0 Å². The number of nitrogens with one attached hydrogen (secondary N) is 2. The summed E-state index contributed by atoms with van der Waals surface area (Å²) >= 11 is 9.08. The molecule has 0 aliphatic rings. The van der Waals surface area contributed by atoms with Crippen LogP contribution in [0.2, 0.25) is 5.02 Å². The van der Waals surface area contributed by atoms with Crippen molar-refractivity contribution in [1.29, 1.82) is 0 Å². The summed E-state index contributed by atoms with van der Waals surface area (Å²) in [6.07, 6.45) is 1.39. The molecule has 7 heteroatoms. The molecule has 2 aromatic rings. The topological polar surface area (TPSA) is 70.7 Å². The van der Waals surface area contributed by atoms with E-state index in [1.54, 1.807) is 18.2 Å². The second-order valence-corrected chi connectivity index (χ2v) is 4.53. The predicted molar refractivity (Wildman–Crippen MR) is 66.7 cm³/mol. The number of halogens is 2. The molecular weight excluding hydrogens is 307 g/mol. The zero-order valence-corrected chi connectivity index (χ0v) is 10.9. The summed E-state index contributed by atoms with van der Waals surface area (Å²) in [4.78, 5) is 15.7. The third-order valence-electron chi connectivity index (χ3n) is 2.06. The molecule has 0 bridgehead atoms. The number of H-pyrrole nitrogens is 1. The van der Waals surface area contributed by atoms with Crippen LogP contribution in [0.25, 0.3) is 0 Å². The maximum atomic E-state index is 11.8. The highest BCUT2D eigenvalue weighted by Crippen LogP contribution is 2.21. The standard InChI is InChI=1S/C10H8BrClN4O/c11-8-3-6(12)1-2-7(8)10(17)13-4-9-14-5-15-16-9/h1-3,5H,4H2,(H,13,17)(H,14,15,16). The number of hydrogen-bond donors (Lipinski definition) is 2. The van der Waals surface area contributed by atoms with Crippen molar-refractivity contribution in [2.45, 2.75) is 6.54 Å². The van der Waals surface area contributed by atoms with Crippen LogP contribution < -0.4 is 5.32 Å². The molecule has 0 unspecified atom stereocenters. The SMILES string of the molecule is O=C(NCc1ncn[nH]1)c1ccc(Cl)cc1Br. The number of hydrogen-bond acceptors (Lipinski definition) is 3. The Morgan fingerprint density at radius 3 is 3.00 bits per heavy atom. The highest BCUT2D eigenvalue weighted by atomic mass is 79.9. The van der Waals surface area contributed by atoms with Gasteiger partial charge in [-0.1, -0.05) is 11.6 Å². The van der Waals surface area contributed by atoms with Crippen molar-refractivity contribution in [2.24, 2.45) is 0 Å². The lowest BCUT2D eigenvalue weighted by Gasteiger charge is -2.05. The molecular formula is C10H8BrClN4O. The first-order valence-electron chi connectivity index (χ1n) is 4.74. The Bertz CT molecular complexity index is 529. The van der Waals surface area contributed by atoms with Crippen LogP contribution in [-0.2, 0) is 6.54 Å². The number of benzene rings is 1. The number of carbonyl (C=O) groups excluding carboxylic acids is 1. The van der Waals surface area contributed by atoms with Crippen LogP contribution in [0.15, 0.2) is 29.0 Å². The molecule has 0 aliphatic heterocycles. The average Bonchev–Trinajstić information content (AvgIpc) is 2.78. The minimum Gasteiger partial charge on any atom is -0.345 e. The van der Waals surface area contributed by atoms with Crippen molar-refractivity contribution in [3.05, 3.63) is 45.4 Å². The third-order valence-corrected chi connectivity index (χ3v) is 2.95. The van der Waals surface area contributed by atoms with Gasteiger partial charge in [-0.2, -0.15) is 5.10 Å². The van der Waals surface area contributed by atoms with Crippen LogP contribution in [0, 0.1) is 0 Å². The van der Waals surface area contributed by atoms with Gasteiger partial charge in [-0.15, -0.1) is 0 Å². The van der Waals surface area contributed by atoms with Crippen LogP contribution >= 0.6 is 27.5 Å². The molecule has 0 saturated heterocycles. The maximum absolute atomic E-state index is 11.8. The van der Waals surface area contributed by atoms with E-state index in [-0.39, 0.29) is 5.91 Å². The highest BCUT2D eigenvalue weighted by Gasteiger charge is 2.10. The molecule has 1 aromatic carbocycles. The molecule has 0 radical (unpaired) electrons. The first-order valence-corrected chi connectivity index (χ1v) is 5.91. The van der Waals surface area contributed by atoms with E-state index in [0.717, 1.165) is 0 Å². The molecule has 0 spiro atoms. The zero-order chi connectivity index (χ0) is 12.3. The van der Waals surface area contributed by atoms with Gasteiger partial charge in [0.1, 0.15) is 12.2 Å². The fourth-order valence-electron chi connectivity index (χ4n) is 1.25. The summed E-state index contributed by atoms with van der Waals surface area (Å²) in [7, 11) is 0. The zero-order valence-electron chi connectivity index (χ0n) is 8.58. The summed E-state index contributed by atoms with van der Waals surface area (Å²) in [5.41, 5.74) is 0.522. The van der Waals surface area contributed by atoms with E-state index in [4.69, 9.17) is 11.6 Å². The number of aromatic amines is 1. The Kier molecular flexibility index (Phi) is 3.75. The second-order valence-electron chi connectivity index (χ2n) is 3.24. The summed E-state index contributed by atoms with van der Waals surface area (Å²) in [6.45, 7) is 0.300. The summed E-state index contributed by atoms with van der Waals surface area (Å²) in [5.74, 6) is 0.397. The largest absolute Gasteiger partial charge is 0.345 e. The van der Waals surface area contributed by atoms with Crippen LogP contribution in [0.4, 0.5) is 0 Å². The fourth-order valence-corrected chi connectivity index (χ4v) is 2.11. The van der Waals surface area contributed by atoms with Gasteiger partial charge < -0.3 is 5.32 Å². The Hall–Kier alpha value is -1.40. The lowest BCUT2D eigenvalue weighted by atomic mass is 10.2. The molecule has 17 heavy (non-hydrogen) atoms. The highest BCUT2D eigenvalue weighted by molar-refractivity contribution is 9.10. The molecule has 1 amide bonds. The van der Waals surface area contributed by atoms with E-state index in [0.29, 0.717) is 27.4 Å². The smallest absolute Gasteiger partial charge is 0.252 e. The van der Waals surface area contributed by atoms with Gasteiger partial charge in [-0.25, -0.2) is 4.98 Å². The third kappa shape index (κ3) is 3.04. The Balaban J connectivity index is 2.04. The normalized spacial score (nSPS) is 10.2. The van der Waals surface area contributed by atoms with Gasteiger partial charge in [-0.3, -0.25) is 9.89 Å². The summed E-state index contributed by atoms with van der Waals surface area (Å²) in [5, 5.41) is 9.64. The molecule has 2 rings (SSSR count). The number of nitrogens with zero attached hydrogens (tertiary/aromatic N) is 2. The van der Waals surface area contributed by atoms with Crippen molar-refractivity contribution in [3.8, 4) is 0 Å². The molecule has 0 aliphatic carbocycles. The molecule has 1 aromatic heterocycles. The van der Waals surface area contributed by atoms with Gasteiger partial charge in [0.05, 0.1) is 12.1 Å². The minimum atomic E-state index is -0.204. The van der Waals surface area contributed by atoms with Crippen LogP contribution in [0.5, 0.6) is 0 Å². The molecule has 5 nitrogen and oxygen atoms in total. The van der Waals surface area contributed by atoms with E-state index in [2.05, 4.69) is 36.4 Å². The lowest BCUT2D eigenvalue weighted by Crippen LogP contribution is -2.23. The van der Waals surface area contributed by atoms with E-state index in [1.165, 1.54) is 6.33 Å². The monoisotopic (exact) mass is 314 g/mol. The molecule has 0 fully saturated rings. The van der Waals surface area contributed by atoms with Gasteiger partial charge in [0.2, 0.25) is 0 Å². The van der Waals surface area contributed by atoms with Crippen molar-refractivity contribution in [2.75, 3.05) is 0 Å². The number of carbonyl (C=O) groups is 1. The van der Waals surface area contributed by atoms with Crippen LogP contribution in [0.3, 0.4) is 0 Å². The van der Waals surface area contributed by atoms with Crippen molar-refractivity contribution in [3.63, 3.8) is 0 Å². The number of aromatic nitrogens is 3. The van der Waals surface area contributed by atoms with E-state index in [9.17, 15) is 4.79 Å². The quantitative estimate of drug-likeness (QED) is 0.911. The molecule has 1 heterocycles. The first kappa shape index (κ1) is 12.1. The van der Waals surface area contributed by atoms with Gasteiger partial charge in [0, 0.05) is 9.50 Å². The lowest BCUT2D eigenvalue weighted by molar-refractivity contribution is 0.0949. The number of rotatable bonds is 3. The van der Waals surface area contributed by atoms with Gasteiger partial charge in [0.15, 0.2) is 0 Å². The maximum Gasteiger partial charge on any atom is 0.252 e. The second kappa shape index (κ2) is 5.29. The van der Waals surface area contributed by atoms with Gasteiger partial charge in [0.25, 0.3) is 5.91 Å². The van der Waals surface area contributed by atoms with Crippen molar-refractivity contribution in [1.82, 2.24) is 20.5 Å². The molecule has 88 valence electrons. The fraction of sp³-hybridized carbons (Fsp3) is 0.100. The average molecular weight is 316 g/mol. The van der Waals surface area contributed by atoms with Gasteiger partial charge >= 0.3 is 0 Å². The molecule has 0 saturated carbocycles. The summed E-state index contributed by atoms with van der Waals surface area (Å²) < 4.78 is 0.653. The summed E-state index contributed by atoms with van der Waals surface area (Å²) in [6, 6.07) is 4.99. The molecule has 2 N–H and O–H groups in total. The van der Waals surface area contributed by atoms with Crippen molar-refractivity contribution < 1.29 is 4.79 Å². The predicted octanol–water partition coefficient (Wildman–Crippen LogP) is 2.15. The van der Waals surface area contributed by atoms with E-state index >= 15 is 0 Å². The molecule has 0 atom stereocenters. The van der Waals surface area contributed by atoms with Crippen LogP contribution in [-0.4, -0.2) is 21.1 Å². The van der Waals surface area contributed by atoms with E-state index < -0.39 is 0 Å².